The van der Waals surface area contributed by atoms with E-state index in [1.54, 1.807) is 31.2 Å². The lowest BCUT2D eigenvalue weighted by molar-refractivity contribution is 0.569. The maximum absolute atomic E-state index is 12.2. The number of thiophene rings is 1. The Morgan fingerprint density at radius 3 is 2.58 bits per heavy atom. The molecule has 0 aliphatic rings. The Morgan fingerprint density at radius 1 is 1.26 bits per heavy atom. The first-order valence-corrected chi connectivity index (χ1v) is 8.12. The molecule has 3 N–H and O–H groups in total. The van der Waals surface area contributed by atoms with E-state index in [4.69, 9.17) is 5.73 Å². The summed E-state index contributed by atoms with van der Waals surface area (Å²) in [5.41, 5.74) is 7.16. The number of nitrogens with one attached hydrogen (secondary N) is 1. The van der Waals surface area contributed by atoms with Crippen molar-refractivity contribution in [3.05, 3.63) is 46.8 Å². The van der Waals surface area contributed by atoms with Crippen molar-refractivity contribution in [1.82, 2.24) is 4.72 Å². The Hall–Kier alpha value is -1.37. The van der Waals surface area contributed by atoms with Crippen LogP contribution in [0.1, 0.15) is 23.4 Å². The van der Waals surface area contributed by atoms with Gasteiger partial charge in [0.15, 0.2) is 0 Å². The Labute approximate surface area is 117 Å². The van der Waals surface area contributed by atoms with Gasteiger partial charge in [-0.05, 0) is 43.7 Å². The highest BCUT2D eigenvalue weighted by molar-refractivity contribution is 7.91. The van der Waals surface area contributed by atoms with Crippen molar-refractivity contribution in [2.45, 2.75) is 24.1 Å². The molecule has 0 saturated heterocycles. The monoisotopic (exact) mass is 296 g/mol. The lowest BCUT2D eigenvalue weighted by Gasteiger charge is -2.14. The van der Waals surface area contributed by atoms with E-state index in [0.29, 0.717) is 9.90 Å². The molecule has 2 rings (SSSR count). The van der Waals surface area contributed by atoms with Gasteiger partial charge >= 0.3 is 0 Å². The first-order chi connectivity index (χ1) is 8.88. The highest BCUT2D eigenvalue weighted by atomic mass is 32.2. The van der Waals surface area contributed by atoms with Crippen LogP contribution in [0, 0.1) is 6.92 Å². The zero-order valence-electron chi connectivity index (χ0n) is 10.8. The summed E-state index contributed by atoms with van der Waals surface area (Å²) in [6.07, 6.45) is 0. The van der Waals surface area contributed by atoms with E-state index in [2.05, 4.69) is 4.72 Å². The van der Waals surface area contributed by atoms with E-state index in [1.807, 2.05) is 19.1 Å². The summed E-state index contributed by atoms with van der Waals surface area (Å²) in [4.78, 5) is 0.969. The number of nitrogen functional groups attached to an aromatic ring is 1. The fourth-order valence-corrected chi connectivity index (χ4v) is 4.28. The average Bonchev–Trinajstić information content (AvgIpc) is 2.76. The Kier molecular flexibility index (Phi) is 3.93. The van der Waals surface area contributed by atoms with Gasteiger partial charge in [-0.25, -0.2) is 13.1 Å². The maximum Gasteiger partial charge on any atom is 0.250 e. The highest BCUT2D eigenvalue weighted by Crippen LogP contribution is 2.23. The Bertz CT molecular complexity index is 677. The van der Waals surface area contributed by atoms with E-state index in [9.17, 15) is 8.42 Å². The molecule has 19 heavy (non-hydrogen) atoms. The van der Waals surface area contributed by atoms with E-state index in [-0.39, 0.29) is 6.04 Å². The van der Waals surface area contributed by atoms with Gasteiger partial charge in [0, 0.05) is 16.6 Å². The van der Waals surface area contributed by atoms with Gasteiger partial charge in [0.1, 0.15) is 4.21 Å². The predicted molar refractivity (Wildman–Crippen MR) is 78.6 cm³/mol. The van der Waals surface area contributed by atoms with Crippen molar-refractivity contribution in [3.8, 4) is 0 Å². The molecule has 1 unspecified atom stereocenters. The summed E-state index contributed by atoms with van der Waals surface area (Å²) in [5, 5.41) is 0. The molecule has 1 heterocycles. The first-order valence-electron chi connectivity index (χ1n) is 5.83. The number of sulfonamides is 1. The van der Waals surface area contributed by atoms with Gasteiger partial charge in [0.2, 0.25) is 0 Å². The molecule has 4 nitrogen and oxygen atoms in total. The van der Waals surface area contributed by atoms with Crippen LogP contribution in [0.3, 0.4) is 0 Å². The number of hydrogen-bond acceptors (Lipinski definition) is 4. The maximum atomic E-state index is 12.2. The van der Waals surface area contributed by atoms with Crippen LogP contribution in [0.5, 0.6) is 0 Å². The molecule has 0 radical (unpaired) electrons. The fraction of sp³-hybridized carbons (Fsp3) is 0.231. The average molecular weight is 296 g/mol. The van der Waals surface area contributed by atoms with Crippen molar-refractivity contribution >= 4 is 27.0 Å². The molecule has 1 atom stereocenters. The summed E-state index contributed by atoms with van der Waals surface area (Å²) in [6.45, 7) is 3.68. The summed E-state index contributed by atoms with van der Waals surface area (Å²) >= 11 is 1.26. The van der Waals surface area contributed by atoms with Gasteiger partial charge in [-0.3, -0.25) is 0 Å². The van der Waals surface area contributed by atoms with Crippen LogP contribution in [0.2, 0.25) is 0 Å². The standard InChI is InChI=1S/C13H16N2O2S2/c1-9-6-7-13(18-9)19(16,17)15-10(2)11-4-3-5-12(14)8-11/h3-8,10,15H,14H2,1-2H3. The third kappa shape index (κ3) is 3.34. The zero-order valence-corrected chi connectivity index (χ0v) is 12.4. The summed E-state index contributed by atoms with van der Waals surface area (Å²) in [5.74, 6) is 0. The SMILES string of the molecule is Cc1ccc(S(=O)(=O)NC(C)c2cccc(N)c2)s1. The molecule has 0 spiro atoms. The molecule has 6 heteroatoms. The van der Waals surface area contributed by atoms with Gasteiger partial charge in [0.05, 0.1) is 0 Å². The molecular formula is C13H16N2O2S2. The molecule has 0 bridgehead atoms. The molecule has 0 aliphatic heterocycles. The second kappa shape index (κ2) is 5.32. The molecule has 2 aromatic rings. The predicted octanol–water partition coefficient (Wildman–Crippen LogP) is 2.68. The van der Waals surface area contributed by atoms with Crippen molar-refractivity contribution in [1.29, 1.82) is 0 Å². The molecular weight excluding hydrogens is 280 g/mol. The minimum absolute atomic E-state index is 0.323. The van der Waals surface area contributed by atoms with Gasteiger partial charge in [-0.1, -0.05) is 12.1 Å². The van der Waals surface area contributed by atoms with Crippen molar-refractivity contribution in [3.63, 3.8) is 0 Å². The molecule has 0 saturated carbocycles. The fourth-order valence-electron chi connectivity index (χ4n) is 1.74. The second-order valence-corrected chi connectivity index (χ2v) is 7.61. The molecule has 0 fully saturated rings. The van der Waals surface area contributed by atoms with Crippen molar-refractivity contribution in [2.75, 3.05) is 5.73 Å². The summed E-state index contributed by atoms with van der Waals surface area (Å²) in [6, 6.07) is 10.3. The Balaban J connectivity index is 2.21. The number of benzene rings is 1. The number of rotatable bonds is 4. The van der Waals surface area contributed by atoms with E-state index in [1.165, 1.54) is 11.3 Å². The van der Waals surface area contributed by atoms with Crippen LogP contribution in [0.25, 0.3) is 0 Å². The van der Waals surface area contributed by atoms with Crippen LogP contribution < -0.4 is 10.5 Å². The molecule has 1 aromatic carbocycles. The lowest BCUT2D eigenvalue weighted by Crippen LogP contribution is -2.26. The van der Waals surface area contributed by atoms with Crippen LogP contribution >= 0.6 is 11.3 Å². The topological polar surface area (TPSA) is 72.2 Å². The van der Waals surface area contributed by atoms with Gasteiger partial charge in [-0.2, -0.15) is 0 Å². The van der Waals surface area contributed by atoms with Crippen LogP contribution in [-0.4, -0.2) is 8.42 Å². The minimum atomic E-state index is -3.47. The summed E-state index contributed by atoms with van der Waals surface area (Å²) in [7, 11) is -3.47. The molecule has 1 aromatic heterocycles. The van der Waals surface area contributed by atoms with Crippen LogP contribution in [-0.2, 0) is 10.0 Å². The van der Waals surface area contributed by atoms with Crippen molar-refractivity contribution < 1.29 is 8.42 Å². The lowest BCUT2D eigenvalue weighted by atomic mass is 10.1. The van der Waals surface area contributed by atoms with Crippen LogP contribution in [0.15, 0.2) is 40.6 Å². The van der Waals surface area contributed by atoms with E-state index >= 15 is 0 Å². The van der Waals surface area contributed by atoms with Crippen LogP contribution in [0.4, 0.5) is 5.69 Å². The third-order valence-corrected chi connectivity index (χ3v) is 5.76. The molecule has 102 valence electrons. The highest BCUT2D eigenvalue weighted by Gasteiger charge is 2.19. The normalized spacial score (nSPS) is 13.4. The van der Waals surface area contributed by atoms with Gasteiger partial charge < -0.3 is 5.73 Å². The van der Waals surface area contributed by atoms with Gasteiger partial charge in [-0.15, -0.1) is 11.3 Å². The smallest absolute Gasteiger partial charge is 0.250 e. The van der Waals surface area contributed by atoms with Gasteiger partial charge in [0.25, 0.3) is 10.0 Å². The van der Waals surface area contributed by atoms with E-state index in [0.717, 1.165) is 10.4 Å². The number of anilines is 1. The summed E-state index contributed by atoms with van der Waals surface area (Å²) < 4.78 is 27.4. The first kappa shape index (κ1) is 14.0. The second-order valence-electron chi connectivity index (χ2n) is 4.38. The number of hydrogen-bond donors (Lipinski definition) is 2. The minimum Gasteiger partial charge on any atom is -0.399 e. The molecule has 0 amide bonds. The molecule has 0 aliphatic carbocycles. The van der Waals surface area contributed by atoms with E-state index < -0.39 is 10.0 Å². The van der Waals surface area contributed by atoms with Crippen molar-refractivity contribution in [2.24, 2.45) is 0 Å². The largest absolute Gasteiger partial charge is 0.399 e. The zero-order chi connectivity index (χ0) is 14.0. The third-order valence-electron chi connectivity index (χ3n) is 2.72. The number of nitrogens with two attached hydrogens (primary N) is 1. The quantitative estimate of drug-likeness (QED) is 0.852. The number of aryl methyl sites for hydroxylation is 1. The Morgan fingerprint density at radius 2 is 2.00 bits per heavy atom.